The molecule has 0 N–H and O–H groups in total. The van der Waals surface area contributed by atoms with E-state index in [-0.39, 0.29) is 0 Å². The molecule has 1 aromatic rings. The third kappa shape index (κ3) is 2.31. The molecule has 70 valence electrons. The van der Waals surface area contributed by atoms with Gasteiger partial charge in [0.25, 0.3) is 0 Å². The SMILES string of the molecule is C=Cc1cnc(Br)cc1N(C)CC. The van der Waals surface area contributed by atoms with Crippen molar-refractivity contribution in [2.24, 2.45) is 0 Å². The highest BCUT2D eigenvalue weighted by Crippen LogP contribution is 2.22. The van der Waals surface area contributed by atoms with E-state index in [1.807, 2.05) is 18.3 Å². The number of pyridine rings is 1. The maximum Gasteiger partial charge on any atom is 0.108 e. The average Bonchev–Trinajstić information content (AvgIpc) is 2.16. The van der Waals surface area contributed by atoms with Gasteiger partial charge >= 0.3 is 0 Å². The molecule has 0 aliphatic carbocycles. The van der Waals surface area contributed by atoms with E-state index < -0.39 is 0 Å². The number of halogens is 1. The number of anilines is 1. The lowest BCUT2D eigenvalue weighted by Gasteiger charge is -2.19. The summed E-state index contributed by atoms with van der Waals surface area (Å²) < 4.78 is 0.855. The van der Waals surface area contributed by atoms with Crippen LogP contribution in [-0.4, -0.2) is 18.6 Å². The molecule has 1 aromatic heterocycles. The van der Waals surface area contributed by atoms with Gasteiger partial charge in [0.1, 0.15) is 4.60 Å². The molecule has 2 nitrogen and oxygen atoms in total. The third-order valence-electron chi connectivity index (χ3n) is 1.98. The van der Waals surface area contributed by atoms with E-state index in [2.05, 4.69) is 46.4 Å². The highest BCUT2D eigenvalue weighted by Gasteiger charge is 2.04. The van der Waals surface area contributed by atoms with Gasteiger partial charge in [-0.3, -0.25) is 0 Å². The predicted octanol–water partition coefficient (Wildman–Crippen LogP) is 2.94. The molecule has 0 unspecified atom stereocenters. The van der Waals surface area contributed by atoms with Gasteiger partial charge in [-0.05, 0) is 28.9 Å². The summed E-state index contributed by atoms with van der Waals surface area (Å²) in [5.41, 5.74) is 2.21. The molecule has 1 heterocycles. The summed E-state index contributed by atoms with van der Waals surface area (Å²) in [6.45, 7) is 6.84. The Morgan fingerprint density at radius 2 is 2.38 bits per heavy atom. The highest BCUT2D eigenvalue weighted by atomic mass is 79.9. The zero-order valence-electron chi connectivity index (χ0n) is 7.92. The van der Waals surface area contributed by atoms with E-state index in [9.17, 15) is 0 Å². The Kier molecular flexibility index (Phi) is 3.48. The number of hydrogen-bond acceptors (Lipinski definition) is 2. The summed E-state index contributed by atoms with van der Waals surface area (Å²) in [4.78, 5) is 6.30. The molecule has 0 amide bonds. The fourth-order valence-electron chi connectivity index (χ4n) is 1.09. The average molecular weight is 241 g/mol. The molecule has 0 aliphatic heterocycles. The van der Waals surface area contributed by atoms with Gasteiger partial charge in [-0.15, -0.1) is 0 Å². The minimum Gasteiger partial charge on any atom is -0.374 e. The monoisotopic (exact) mass is 240 g/mol. The number of rotatable bonds is 3. The summed E-state index contributed by atoms with van der Waals surface area (Å²) in [6.07, 6.45) is 3.64. The molecule has 0 saturated carbocycles. The molecule has 0 radical (unpaired) electrons. The van der Waals surface area contributed by atoms with Gasteiger partial charge in [-0.25, -0.2) is 4.98 Å². The smallest absolute Gasteiger partial charge is 0.108 e. The van der Waals surface area contributed by atoms with E-state index in [1.54, 1.807) is 0 Å². The normalized spacial score (nSPS) is 9.77. The quantitative estimate of drug-likeness (QED) is 0.756. The Morgan fingerprint density at radius 1 is 1.69 bits per heavy atom. The first-order valence-corrected chi connectivity index (χ1v) is 4.97. The molecular formula is C10H13BrN2. The van der Waals surface area contributed by atoms with Gasteiger partial charge in [0.15, 0.2) is 0 Å². The van der Waals surface area contributed by atoms with Crippen LogP contribution in [0.2, 0.25) is 0 Å². The fraction of sp³-hybridized carbons (Fsp3) is 0.300. The summed E-state index contributed by atoms with van der Waals surface area (Å²) in [6, 6.07) is 2.00. The van der Waals surface area contributed by atoms with Crippen LogP contribution in [0.15, 0.2) is 23.4 Å². The lowest BCUT2D eigenvalue weighted by molar-refractivity contribution is 0.961. The fourth-order valence-corrected chi connectivity index (χ4v) is 1.41. The second kappa shape index (κ2) is 4.42. The maximum atomic E-state index is 4.15. The van der Waals surface area contributed by atoms with Crippen molar-refractivity contribution >= 4 is 27.7 Å². The van der Waals surface area contributed by atoms with E-state index in [0.29, 0.717) is 0 Å². The minimum atomic E-state index is 0.855. The lowest BCUT2D eigenvalue weighted by atomic mass is 10.2. The van der Waals surface area contributed by atoms with Gasteiger partial charge < -0.3 is 4.90 Å². The second-order valence-corrected chi connectivity index (χ2v) is 3.60. The molecule has 1 rings (SSSR count). The number of hydrogen-bond donors (Lipinski definition) is 0. The molecule has 0 fully saturated rings. The van der Waals surface area contributed by atoms with Gasteiger partial charge in [0.2, 0.25) is 0 Å². The predicted molar refractivity (Wildman–Crippen MR) is 61.0 cm³/mol. The molecule has 13 heavy (non-hydrogen) atoms. The summed E-state index contributed by atoms with van der Waals surface area (Å²) in [7, 11) is 2.05. The minimum absolute atomic E-state index is 0.855. The Hall–Kier alpha value is -0.830. The van der Waals surface area contributed by atoms with Crippen molar-refractivity contribution in [1.82, 2.24) is 4.98 Å². The highest BCUT2D eigenvalue weighted by molar-refractivity contribution is 9.10. The first-order valence-electron chi connectivity index (χ1n) is 4.18. The molecule has 0 aromatic carbocycles. The Morgan fingerprint density at radius 3 is 2.92 bits per heavy atom. The maximum absolute atomic E-state index is 4.15. The standard InChI is InChI=1S/C10H13BrN2/c1-4-8-7-12-10(11)6-9(8)13(3)5-2/h4,6-7H,1,5H2,2-3H3. The molecule has 0 bridgehead atoms. The lowest BCUT2D eigenvalue weighted by Crippen LogP contribution is -2.16. The van der Waals surface area contributed by atoms with Crippen molar-refractivity contribution in [2.45, 2.75) is 6.92 Å². The van der Waals surface area contributed by atoms with Crippen LogP contribution < -0.4 is 4.90 Å². The molecule has 0 spiro atoms. The third-order valence-corrected chi connectivity index (χ3v) is 2.42. The van der Waals surface area contributed by atoms with Crippen molar-refractivity contribution in [3.8, 4) is 0 Å². The zero-order valence-corrected chi connectivity index (χ0v) is 9.50. The largest absolute Gasteiger partial charge is 0.374 e. The number of aromatic nitrogens is 1. The van der Waals surface area contributed by atoms with Gasteiger partial charge in [0, 0.05) is 31.0 Å². The van der Waals surface area contributed by atoms with Crippen LogP contribution >= 0.6 is 15.9 Å². The topological polar surface area (TPSA) is 16.1 Å². The summed E-state index contributed by atoms with van der Waals surface area (Å²) in [5, 5.41) is 0. The molecule has 0 saturated heterocycles. The Balaban J connectivity index is 3.15. The van der Waals surface area contributed by atoms with Crippen LogP contribution in [0.3, 0.4) is 0 Å². The van der Waals surface area contributed by atoms with Crippen LogP contribution in [0.4, 0.5) is 5.69 Å². The Bertz CT molecular complexity index is 310. The van der Waals surface area contributed by atoms with Crippen molar-refractivity contribution < 1.29 is 0 Å². The van der Waals surface area contributed by atoms with Crippen LogP contribution in [0, 0.1) is 0 Å². The molecular weight excluding hydrogens is 228 g/mol. The zero-order chi connectivity index (χ0) is 9.84. The Labute approximate surface area is 87.4 Å². The first-order chi connectivity index (χ1) is 6.19. The van der Waals surface area contributed by atoms with Crippen molar-refractivity contribution in [3.63, 3.8) is 0 Å². The van der Waals surface area contributed by atoms with E-state index in [1.165, 1.54) is 0 Å². The number of nitrogens with zero attached hydrogens (tertiary/aromatic N) is 2. The summed E-state index contributed by atoms with van der Waals surface area (Å²) in [5.74, 6) is 0. The molecule has 0 atom stereocenters. The first kappa shape index (κ1) is 10.3. The van der Waals surface area contributed by atoms with Crippen LogP contribution in [0.1, 0.15) is 12.5 Å². The van der Waals surface area contributed by atoms with E-state index in [4.69, 9.17) is 0 Å². The van der Waals surface area contributed by atoms with Crippen LogP contribution in [-0.2, 0) is 0 Å². The van der Waals surface area contributed by atoms with E-state index in [0.717, 1.165) is 22.4 Å². The van der Waals surface area contributed by atoms with Crippen molar-refractivity contribution in [1.29, 1.82) is 0 Å². The van der Waals surface area contributed by atoms with Gasteiger partial charge in [-0.2, -0.15) is 0 Å². The van der Waals surface area contributed by atoms with Crippen LogP contribution in [0.5, 0.6) is 0 Å². The van der Waals surface area contributed by atoms with Crippen molar-refractivity contribution in [3.05, 3.63) is 29.0 Å². The van der Waals surface area contributed by atoms with Crippen molar-refractivity contribution in [2.75, 3.05) is 18.5 Å². The summed E-state index contributed by atoms with van der Waals surface area (Å²) >= 11 is 3.35. The molecule has 0 aliphatic rings. The molecule has 3 heteroatoms. The van der Waals surface area contributed by atoms with Gasteiger partial charge in [0.05, 0.1) is 0 Å². The van der Waals surface area contributed by atoms with E-state index >= 15 is 0 Å². The second-order valence-electron chi connectivity index (χ2n) is 2.78. The van der Waals surface area contributed by atoms with Crippen LogP contribution in [0.25, 0.3) is 6.08 Å². The van der Waals surface area contributed by atoms with Gasteiger partial charge in [-0.1, -0.05) is 12.7 Å².